The average Bonchev–Trinajstić information content (AvgIpc) is 2.72. The first-order chi connectivity index (χ1) is 14.0. The Labute approximate surface area is 170 Å². The number of carbonyl (C=O) groups is 1. The van der Waals surface area contributed by atoms with Gasteiger partial charge in [-0.25, -0.2) is 0 Å². The predicted molar refractivity (Wildman–Crippen MR) is 111 cm³/mol. The van der Waals surface area contributed by atoms with E-state index in [0.717, 1.165) is 31.1 Å². The predicted octanol–water partition coefficient (Wildman–Crippen LogP) is 3.77. The van der Waals surface area contributed by atoms with Crippen molar-refractivity contribution in [2.45, 2.75) is 32.9 Å². The van der Waals surface area contributed by atoms with Crippen LogP contribution in [0.25, 0.3) is 0 Å². The molecule has 1 unspecified atom stereocenters. The number of hydrogen-bond donors (Lipinski definition) is 1. The lowest BCUT2D eigenvalue weighted by atomic mass is 9.99. The monoisotopic (exact) mass is 397 g/mol. The Bertz CT molecular complexity index is 867. The summed E-state index contributed by atoms with van der Waals surface area (Å²) in [6, 6.07) is 12.4. The van der Waals surface area contributed by atoms with Gasteiger partial charge in [0.2, 0.25) is 0 Å². The van der Waals surface area contributed by atoms with E-state index in [2.05, 4.69) is 29.3 Å². The summed E-state index contributed by atoms with van der Waals surface area (Å²) in [6.45, 7) is 5.91. The first-order valence-electron chi connectivity index (χ1n) is 9.87. The summed E-state index contributed by atoms with van der Waals surface area (Å²) in [5.74, 6) is 0.527. The van der Waals surface area contributed by atoms with Gasteiger partial charge in [0.1, 0.15) is 0 Å². The van der Waals surface area contributed by atoms with Crippen molar-refractivity contribution in [1.82, 2.24) is 10.2 Å². The van der Waals surface area contributed by atoms with Gasteiger partial charge in [-0.15, -0.1) is 0 Å². The van der Waals surface area contributed by atoms with E-state index in [-0.39, 0.29) is 22.9 Å². The van der Waals surface area contributed by atoms with Crippen LogP contribution in [0.15, 0.2) is 42.5 Å². The molecule has 1 amide bonds. The minimum absolute atomic E-state index is 0.130. The topological polar surface area (TPSA) is 84.7 Å². The van der Waals surface area contributed by atoms with Crippen LogP contribution in [0.5, 0.6) is 5.75 Å². The smallest absolute Gasteiger partial charge is 0.311 e. The number of carbonyl (C=O) groups excluding carboxylic acids is 1. The summed E-state index contributed by atoms with van der Waals surface area (Å²) < 4.78 is 4.97. The van der Waals surface area contributed by atoms with Gasteiger partial charge in [-0.05, 0) is 48.6 Å². The van der Waals surface area contributed by atoms with Crippen molar-refractivity contribution >= 4 is 11.6 Å². The number of ether oxygens (including phenoxy) is 1. The Balaban J connectivity index is 1.56. The van der Waals surface area contributed by atoms with Crippen molar-refractivity contribution in [2.24, 2.45) is 5.92 Å². The van der Waals surface area contributed by atoms with Crippen LogP contribution in [-0.2, 0) is 13.1 Å². The van der Waals surface area contributed by atoms with E-state index in [0.29, 0.717) is 6.54 Å². The number of rotatable bonds is 7. The Hall–Kier alpha value is -2.93. The summed E-state index contributed by atoms with van der Waals surface area (Å²) in [7, 11) is 1.36. The van der Waals surface area contributed by atoms with Crippen molar-refractivity contribution in [3.63, 3.8) is 0 Å². The molecule has 3 rings (SSSR count). The van der Waals surface area contributed by atoms with E-state index in [1.165, 1.54) is 43.7 Å². The van der Waals surface area contributed by atoms with Crippen molar-refractivity contribution in [3.8, 4) is 5.75 Å². The zero-order valence-electron chi connectivity index (χ0n) is 16.9. The standard InChI is InChI=1S/C22H27N3O4/c1-16-4-3-11-24(14-16)15-18-7-5-17(6-8-18)13-23-22(26)19-9-10-21(29-2)20(12-19)25(27)28/h5-10,12,16H,3-4,11,13-15H2,1-2H3,(H,23,26). The fraction of sp³-hybridized carbons (Fsp3) is 0.409. The zero-order chi connectivity index (χ0) is 20.8. The highest BCUT2D eigenvalue weighted by Gasteiger charge is 2.18. The van der Waals surface area contributed by atoms with Gasteiger partial charge < -0.3 is 10.1 Å². The molecule has 0 bridgehead atoms. The molecule has 1 N–H and O–H groups in total. The number of nitro benzene ring substituents is 1. The number of methoxy groups -OCH3 is 1. The molecule has 0 radical (unpaired) electrons. The van der Waals surface area contributed by atoms with Crippen LogP contribution >= 0.6 is 0 Å². The van der Waals surface area contributed by atoms with Crippen molar-refractivity contribution in [1.29, 1.82) is 0 Å². The second-order valence-corrected chi connectivity index (χ2v) is 7.63. The molecule has 7 heteroatoms. The normalized spacial score (nSPS) is 17.0. The van der Waals surface area contributed by atoms with E-state index in [4.69, 9.17) is 4.74 Å². The molecule has 0 spiro atoms. The van der Waals surface area contributed by atoms with Gasteiger partial charge in [-0.2, -0.15) is 0 Å². The average molecular weight is 397 g/mol. The van der Waals surface area contributed by atoms with Crippen LogP contribution in [0, 0.1) is 16.0 Å². The SMILES string of the molecule is COc1ccc(C(=O)NCc2ccc(CN3CCCC(C)C3)cc2)cc1[N+](=O)[O-]. The lowest BCUT2D eigenvalue weighted by Gasteiger charge is -2.30. The second-order valence-electron chi connectivity index (χ2n) is 7.63. The van der Waals surface area contributed by atoms with Crippen LogP contribution in [0.2, 0.25) is 0 Å². The molecule has 1 fully saturated rings. The number of benzene rings is 2. The maximum atomic E-state index is 12.4. The van der Waals surface area contributed by atoms with Gasteiger partial charge in [-0.1, -0.05) is 31.2 Å². The van der Waals surface area contributed by atoms with Crippen LogP contribution in [0.3, 0.4) is 0 Å². The van der Waals surface area contributed by atoms with Crippen molar-refractivity contribution in [2.75, 3.05) is 20.2 Å². The van der Waals surface area contributed by atoms with Crippen LogP contribution in [0.4, 0.5) is 5.69 Å². The molecule has 0 aromatic heterocycles. The third-order valence-electron chi connectivity index (χ3n) is 5.26. The van der Waals surface area contributed by atoms with Gasteiger partial charge in [0.15, 0.2) is 5.75 Å². The number of likely N-dealkylation sites (tertiary alicyclic amines) is 1. The maximum Gasteiger partial charge on any atom is 0.311 e. The number of nitrogens with one attached hydrogen (secondary N) is 1. The minimum Gasteiger partial charge on any atom is -0.490 e. The zero-order valence-corrected chi connectivity index (χ0v) is 16.9. The van der Waals surface area contributed by atoms with Gasteiger partial charge in [0.25, 0.3) is 5.91 Å². The second kappa shape index (κ2) is 9.52. The van der Waals surface area contributed by atoms with Crippen LogP contribution in [-0.4, -0.2) is 35.9 Å². The fourth-order valence-corrected chi connectivity index (χ4v) is 3.71. The van der Waals surface area contributed by atoms with Crippen molar-refractivity contribution < 1.29 is 14.5 Å². The summed E-state index contributed by atoms with van der Waals surface area (Å²) in [6.07, 6.45) is 2.57. The lowest BCUT2D eigenvalue weighted by molar-refractivity contribution is -0.385. The molecule has 1 heterocycles. The number of nitrogens with zero attached hydrogens (tertiary/aromatic N) is 2. The van der Waals surface area contributed by atoms with Gasteiger partial charge in [-0.3, -0.25) is 19.8 Å². The third kappa shape index (κ3) is 5.54. The third-order valence-corrected chi connectivity index (χ3v) is 5.26. The van der Waals surface area contributed by atoms with Gasteiger partial charge >= 0.3 is 5.69 Å². The van der Waals surface area contributed by atoms with E-state index in [1.54, 1.807) is 0 Å². The molecular weight excluding hydrogens is 370 g/mol. The molecular formula is C22H27N3O4. The van der Waals surface area contributed by atoms with E-state index < -0.39 is 4.92 Å². The molecule has 154 valence electrons. The number of nitro groups is 1. The Kier molecular flexibility index (Phi) is 6.82. The summed E-state index contributed by atoms with van der Waals surface area (Å²) in [5.41, 5.74) is 2.25. The quantitative estimate of drug-likeness (QED) is 0.568. The Morgan fingerprint density at radius 1 is 1.24 bits per heavy atom. The molecule has 1 aliphatic heterocycles. The number of piperidine rings is 1. The number of hydrogen-bond acceptors (Lipinski definition) is 5. The molecule has 29 heavy (non-hydrogen) atoms. The Morgan fingerprint density at radius 3 is 2.62 bits per heavy atom. The lowest BCUT2D eigenvalue weighted by Crippen LogP contribution is -2.33. The maximum absolute atomic E-state index is 12.4. The summed E-state index contributed by atoms with van der Waals surface area (Å²) >= 11 is 0. The highest BCUT2D eigenvalue weighted by atomic mass is 16.6. The molecule has 2 aromatic carbocycles. The first kappa shape index (κ1) is 20.8. The summed E-state index contributed by atoms with van der Waals surface area (Å²) in [4.78, 5) is 25.4. The first-order valence-corrected chi connectivity index (χ1v) is 9.87. The molecule has 1 aliphatic rings. The van der Waals surface area contributed by atoms with E-state index in [1.807, 2.05) is 12.1 Å². The minimum atomic E-state index is -0.558. The molecule has 2 aromatic rings. The fourth-order valence-electron chi connectivity index (χ4n) is 3.71. The highest BCUT2D eigenvalue weighted by Crippen LogP contribution is 2.27. The molecule has 7 nitrogen and oxygen atoms in total. The highest BCUT2D eigenvalue weighted by molar-refractivity contribution is 5.95. The molecule has 0 saturated carbocycles. The van der Waals surface area contributed by atoms with Gasteiger partial charge in [0, 0.05) is 31.3 Å². The van der Waals surface area contributed by atoms with Crippen molar-refractivity contribution in [3.05, 3.63) is 69.3 Å². The van der Waals surface area contributed by atoms with E-state index in [9.17, 15) is 14.9 Å². The van der Waals surface area contributed by atoms with Crippen LogP contribution in [0.1, 0.15) is 41.3 Å². The molecule has 0 aliphatic carbocycles. The summed E-state index contributed by atoms with van der Waals surface area (Å²) in [5, 5.41) is 13.9. The van der Waals surface area contributed by atoms with Gasteiger partial charge in [0.05, 0.1) is 12.0 Å². The largest absolute Gasteiger partial charge is 0.490 e. The van der Waals surface area contributed by atoms with Crippen LogP contribution < -0.4 is 10.1 Å². The molecule has 1 saturated heterocycles. The number of amides is 1. The van der Waals surface area contributed by atoms with E-state index >= 15 is 0 Å². The molecule has 1 atom stereocenters. The Morgan fingerprint density at radius 2 is 1.97 bits per heavy atom.